The Kier molecular flexibility index (Phi) is 6.52. The number of carbonyl (C=O) groups is 1. The lowest BCUT2D eigenvalue weighted by Gasteiger charge is -2.15. The molecule has 0 saturated carbocycles. The van der Waals surface area contributed by atoms with Crippen molar-refractivity contribution < 1.29 is 14.3 Å². The zero-order valence-electron chi connectivity index (χ0n) is 15.8. The number of rotatable bonds is 9. The van der Waals surface area contributed by atoms with Gasteiger partial charge in [-0.2, -0.15) is 0 Å². The maximum atomic E-state index is 12.8. The monoisotopic (exact) mass is 359 g/mol. The number of nitrogens with zero attached hydrogens (tertiary/aromatic N) is 2. The third-order valence-corrected chi connectivity index (χ3v) is 4.87. The third kappa shape index (κ3) is 4.19. The van der Waals surface area contributed by atoms with Gasteiger partial charge in [0.15, 0.2) is 0 Å². The second-order valence-electron chi connectivity index (χ2n) is 6.60. The fourth-order valence-corrected chi connectivity index (χ4v) is 3.57. The quantitative estimate of drug-likeness (QED) is 0.747. The molecule has 1 N–H and O–H groups in total. The van der Waals surface area contributed by atoms with Crippen molar-refractivity contribution in [1.82, 2.24) is 14.8 Å². The summed E-state index contributed by atoms with van der Waals surface area (Å²) in [4.78, 5) is 15.2. The number of fused-ring (bicyclic) bond motifs is 1. The summed E-state index contributed by atoms with van der Waals surface area (Å²) in [6, 6.07) is 7.86. The zero-order chi connectivity index (χ0) is 18.4. The van der Waals surface area contributed by atoms with Crippen molar-refractivity contribution in [3.63, 3.8) is 0 Å². The molecule has 1 aromatic heterocycles. The Morgan fingerprint density at radius 2 is 2.04 bits per heavy atom. The van der Waals surface area contributed by atoms with Gasteiger partial charge in [-0.15, -0.1) is 0 Å². The Balaban J connectivity index is 1.80. The summed E-state index contributed by atoms with van der Waals surface area (Å²) < 4.78 is 13.0. The fraction of sp³-hybridized carbons (Fsp3) is 0.550. The summed E-state index contributed by atoms with van der Waals surface area (Å²) >= 11 is 0. The Hall–Kier alpha value is -2.05. The lowest BCUT2D eigenvalue weighted by molar-refractivity contribution is 0.0938. The summed E-state index contributed by atoms with van der Waals surface area (Å²) in [6.45, 7) is 7.61. The number of methoxy groups -OCH3 is 1. The lowest BCUT2D eigenvalue weighted by atomic mass is 10.2. The van der Waals surface area contributed by atoms with Crippen molar-refractivity contribution in [1.29, 1.82) is 0 Å². The van der Waals surface area contributed by atoms with Gasteiger partial charge in [-0.25, -0.2) is 0 Å². The van der Waals surface area contributed by atoms with Crippen molar-refractivity contribution in [3.05, 3.63) is 30.0 Å². The molecule has 0 unspecified atom stereocenters. The van der Waals surface area contributed by atoms with Crippen LogP contribution in [-0.4, -0.2) is 61.9 Å². The molecule has 2 aromatic rings. The average Bonchev–Trinajstić information content (AvgIpc) is 3.28. The average molecular weight is 359 g/mol. The van der Waals surface area contributed by atoms with Crippen molar-refractivity contribution in [2.45, 2.75) is 26.3 Å². The Morgan fingerprint density at radius 1 is 1.23 bits per heavy atom. The number of carbonyl (C=O) groups excluding carboxylic acids is 1. The van der Waals surface area contributed by atoms with Gasteiger partial charge in [-0.05, 0) is 51.1 Å². The SMILES string of the molecule is CCOc1cccc2c1cc(C(=O)NCCN1CCCC1)n2CCOC. The van der Waals surface area contributed by atoms with Crippen LogP contribution in [0.3, 0.4) is 0 Å². The molecule has 26 heavy (non-hydrogen) atoms. The molecule has 1 aromatic carbocycles. The minimum atomic E-state index is -0.0426. The molecule has 1 aliphatic rings. The molecular weight excluding hydrogens is 330 g/mol. The van der Waals surface area contributed by atoms with Gasteiger partial charge in [0, 0.05) is 32.1 Å². The van der Waals surface area contributed by atoms with Crippen LogP contribution in [0.4, 0.5) is 0 Å². The first kappa shape index (κ1) is 18.7. The smallest absolute Gasteiger partial charge is 0.267 e. The van der Waals surface area contributed by atoms with Gasteiger partial charge in [0.05, 0.1) is 18.7 Å². The van der Waals surface area contributed by atoms with E-state index in [9.17, 15) is 4.79 Å². The molecule has 6 nitrogen and oxygen atoms in total. The van der Waals surface area contributed by atoms with E-state index in [1.54, 1.807) is 7.11 Å². The number of aromatic nitrogens is 1. The number of ether oxygens (including phenoxy) is 2. The zero-order valence-corrected chi connectivity index (χ0v) is 15.8. The Bertz CT molecular complexity index is 735. The summed E-state index contributed by atoms with van der Waals surface area (Å²) in [7, 11) is 1.67. The normalized spacial score (nSPS) is 14.8. The van der Waals surface area contributed by atoms with Gasteiger partial charge < -0.3 is 24.3 Å². The summed E-state index contributed by atoms with van der Waals surface area (Å²) in [6.07, 6.45) is 2.53. The predicted molar refractivity (Wildman–Crippen MR) is 103 cm³/mol. The maximum Gasteiger partial charge on any atom is 0.267 e. The molecule has 0 atom stereocenters. The predicted octanol–water partition coefficient (Wildman–Crippen LogP) is 2.51. The number of nitrogens with one attached hydrogen (secondary N) is 1. The highest BCUT2D eigenvalue weighted by atomic mass is 16.5. The Morgan fingerprint density at radius 3 is 2.77 bits per heavy atom. The third-order valence-electron chi connectivity index (χ3n) is 4.87. The van der Waals surface area contributed by atoms with E-state index in [1.165, 1.54) is 12.8 Å². The van der Waals surface area contributed by atoms with Gasteiger partial charge >= 0.3 is 0 Å². The van der Waals surface area contributed by atoms with Gasteiger partial charge in [0.25, 0.3) is 5.91 Å². The number of benzene rings is 1. The molecule has 0 spiro atoms. The van der Waals surface area contributed by atoms with Crippen LogP contribution in [-0.2, 0) is 11.3 Å². The fourth-order valence-electron chi connectivity index (χ4n) is 3.57. The minimum absolute atomic E-state index is 0.0426. The van der Waals surface area contributed by atoms with E-state index >= 15 is 0 Å². The molecule has 1 amide bonds. The molecular formula is C20H29N3O3. The standard InChI is InChI=1S/C20H29N3O3/c1-3-26-19-8-6-7-17-16(19)15-18(23(17)13-14-25-2)20(24)21-9-12-22-10-4-5-11-22/h6-8,15H,3-5,9-14H2,1-2H3,(H,21,24). The second-order valence-corrected chi connectivity index (χ2v) is 6.60. The van der Waals surface area contributed by atoms with E-state index in [4.69, 9.17) is 9.47 Å². The highest BCUT2D eigenvalue weighted by molar-refractivity contribution is 6.00. The maximum absolute atomic E-state index is 12.8. The van der Waals surface area contributed by atoms with Gasteiger partial charge in [0.2, 0.25) is 0 Å². The molecule has 0 aliphatic carbocycles. The van der Waals surface area contributed by atoms with Gasteiger partial charge in [-0.3, -0.25) is 4.79 Å². The van der Waals surface area contributed by atoms with Crippen molar-refractivity contribution in [2.24, 2.45) is 0 Å². The second kappa shape index (κ2) is 9.05. The van der Waals surface area contributed by atoms with Crippen molar-refractivity contribution in [2.75, 3.05) is 46.5 Å². The van der Waals surface area contributed by atoms with Crippen LogP contribution in [0.25, 0.3) is 10.9 Å². The molecule has 0 bridgehead atoms. The molecule has 1 aliphatic heterocycles. The van der Waals surface area contributed by atoms with Crippen LogP contribution in [0.15, 0.2) is 24.3 Å². The van der Waals surface area contributed by atoms with Crippen LogP contribution < -0.4 is 10.1 Å². The molecule has 0 radical (unpaired) electrons. The number of amides is 1. The van der Waals surface area contributed by atoms with Crippen LogP contribution >= 0.6 is 0 Å². The molecule has 1 fully saturated rings. The number of hydrogen-bond donors (Lipinski definition) is 1. The summed E-state index contributed by atoms with van der Waals surface area (Å²) in [5.41, 5.74) is 1.66. The van der Waals surface area contributed by atoms with Crippen LogP contribution in [0.2, 0.25) is 0 Å². The molecule has 2 heterocycles. The highest BCUT2D eigenvalue weighted by Crippen LogP contribution is 2.29. The molecule has 142 valence electrons. The highest BCUT2D eigenvalue weighted by Gasteiger charge is 2.18. The first-order valence-corrected chi connectivity index (χ1v) is 9.49. The van der Waals surface area contributed by atoms with Gasteiger partial charge in [0.1, 0.15) is 11.4 Å². The first-order chi connectivity index (χ1) is 12.7. The van der Waals surface area contributed by atoms with Crippen LogP contribution in [0.5, 0.6) is 5.75 Å². The van der Waals surface area contributed by atoms with E-state index in [-0.39, 0.29) is 5.91 Å². The number of hydrogen-bond acceptors (Lipinski definition) is 4. The number of likely N-dealkylation sites (tertiary alicyclic amines) is 1. The van der Waals surface area contributed by atoms with Crippen LogP contribution in [0.1, 0.15) is 30.3 Å². The topological polar surface area (TPSA) is 55.7 Å². The molecule has 3 rings (SSSR count). The van der Waals surface area contributed by atoms with Crippen LogP contribution in [0, 0.1) is 0 Å². The van der Waals surface area contributed by atoms with Crippen molar-refractivity contribution >= 4 is 16.8 Å². The Labute approximate surface area is 155 Å². The van der Waals surface area contributed by atoms with E-state index < -0.39 is 0 Å². The van der Waals surface area contributed by atoms with Gasteiger partial charge in [-0.1, -0.05) is 6.07 Å². The van der Waals surface area contributed by atoms with E-state index in [2.05, 4.69) is 10.2 Å². The summed E-state index contributed by atoms with van der Waals surface area (Å²) in [5, 5.41) is 4.04. The molecule has 6 heteroatoms. The lowest BCUT2D eigenvalue weighted by Crippen LogP contribution is -2.34. The summed E-state index contributed by atoms with van der Waals surface area (Å²) in [5.74, 6) is 0.770. The minimum Gasteiger partial charge on any atom is -0.493 e. The van der Waals surface area contributed by atoms with E-state index in [0.29, 0.717) is 32.0 Å². The molecule has 1 saturated heterocycles. The first-order valence-electron chi connectivity index (χ1n) is 9.49. The van der Waals surface area contributed by atoms with Crippen molar-refractivity contribution in [3.8, 4) is 5.75 Å². The van der Waals surface area contributed by atoms with E-state index in [0.717, 1.165) is 36.3 Å². The van der Waals surface area contributed by atoms with E-state index in [1.807, 2.05) is 35.8 Å². The largest absolute Gasteiger partial charge is 0.493 e.